The summed E-state index contributed by atoms with van der Waals surface area (Å²) in [5.74, 6) is -4.52. The Hall–Kier alpha value is -0.650. The van der Waals surface area contributed by atoms with Crippen LogP contribution in [0.1, 0.15) is 12.8 Å². The molecule has 0 amide bonds. The molecular formula is C7H7F5O. The van der Waals surface area contributed by atoms with Gasteiger partial charge in [-0.3, -0.25) is 0 Å². The Labute approximate surface area is 71.2 Å². The van der Waals surface area contributed by atoms with Crippen molar-refractivity contribution < 1.29 is 26.7 Å². The second-order valence-electron chi connectivity index (χ2n) is 2.66. The summed E-state index contributed by atoms with van der Waals surface area (Å²) in [6.07, 6.45) is -6.07. The highest BCUT2D eigenvalue weighted by molar-refractivity contribution is 5.11. The van der Waals surface area contributed by atoms with Gasteiger partial charge in [0.25, 0.3) is 0 Å². The molecule has 0 spiro atoms. The highest BCUT2D eigenvalue weighted by atomic mass is 19.4. The fraction of sp³-hybridized carbons (Fsp3) is 0.714. The maximum atomic E-state index is 12.7. The van der Waals surface area contributed by atoms with E-state index in [0.717, 1.165) is 0 Å². The van der Waals surface area contributed by atoms with Crippen molar-refractivity contribution in [3.63, 3.8) is 0 Å². The molecular weight excluding hydrogens is 195 g/mol. The minimum atomic E-state index is -5.25. The van der Waals surface area contributed by atoms with Crippen molar-refractivity contribution in [1.29, 1.82) is 0 Å². The topological polar surface area (TPSA) is 9.23 Å². The molecule has 0 aromatic carbocycles. The smallest absolute Gasteiger partial charge is 0.371 e. The standard InChI is InChI=1S/C7H7F5O/c8-5(4-2-1-3-13-4)6(9)7(10,11)12/h4H,1-3H2/b6-5+/t4-/m1/s1. The SMILES string of the molecule is F/C(=C(/F)C(F)(F)F)[C@H]1CCCO1. The first kappa shape index (κ1) is 10.4. The second-order valence-corrected chi connectivity index (χ2v) is 2.66. The van der Waals surface area contributed by atoms with Crippen molar-refractivity contribution in [2.24, 2.45) is 0 Å². The summed E-state index contributed by atoms with van der Waals surface area (Å²) in [4.78, 5) is 0. The molecule has 0 aromatic heterocycles. The summed E-state index contributed by atoms with van der Waals surface area (Å²) < 4.78 is 64.3. The first-order chi connectivity index (χ1) is 5.93. The third-order valence-electron chi connectivity index (χ3n) is 1.67. The summed E-state index contributed by atoms with van der Waals surface area (Å²) >= 11 is 0. The van der Waals surface area contributed by atoms with Crippen molar-refractivity contribution >= 4 is 0 Å². The van der Waals surface area contributed by atoms with Gasteiger partial charge < -0.3 is 4.74 Å². The van der Waals surface area contributed by atoms with Gasteiger partial charge in [0.2, 0.25) is 5.83 Å². The summed E-state index contributed by atoms with van der Waals surface area (Å²) in [6, 6.07) is 0. The molecule has 0 radical (unpaired) electrons. The van der Waals surface area contributed by atoms with E-state index in [4.69, 9.17) is 0 Å². The maximum Gasteiger partial charge on any atom is 0.445 e. The zero-order valence-electron chi connectivity index (χ0n) is 6.50. The number of halogens is 5. The minimum absolute atomic E-state index is 0.0926. The van der Waals surface area contributed by atoms with Gasteiger partial charge >= 0.3 is 6.18 Å². The van der Waals surface area contributed by atoms with Crippen LogP contribution in [-0.2, 0) is 4.74 Å². The maximum absolute atomic E-state index is 12.7. The van der Waals surface area contributed by atoms with Crippen LogP contribution in [0.4, 0.5) is 22.0 Å². The highest BCUT2D eigenvalue weighted by Gasteiger charge is 2.40. The van der Waals surface area contributed by atoms with Crippen molar-refractivity contribution in [2.45, 2.75) is 25.1 Å². The molecule has 6 heteroatoms. The third-order valence-corrected chi connectivity index (χ3v) is 1.67. The van der Waals surface area contributed by atoms with E-state index in [-0.39, 0.29) is 13.0 Å². The molecule has 0 N–H and O–H groups in total. The predicted octanol–water partition coefficient (Wildman–Crippen LogP) is 2.88. The molecule has 76 valence electrons. The van der Waals surface area contributed by atoms with Crippen molar-refractivity contribution in [2.75, 3.05) is 6.61 Å². The van der Waals surface area contributed by atoms with E-state index in [0.29, 0.717) is 6.42 Å². The second kappa shape index (κ2) is 3.61. The average Bonchev–Trinajstić information content (AvgIpc) is 2.51. The fourth-order valence-electron chi connectivity index (χ4n) is 1.05. The van der Waals surface area contributed by atoms with E-state index in [2.05, 4.69) is 4.74 Å². The minimum Gasteiger partial charge on any atom is -0.371 e. The lowest BCUT2D eigenvalue weighted by Crippen LogP contribution is -2.15. The van der Waals surface area contributed by atoms with Gasteiger partial charge in [-0.1, -0.05) is 0 Å². The Morgan fingerprint density at radius 2 is 1.85 bits per heavy atom. The molecule has 0 bridgehead atoms. The number of allylic oxidation sites excluding steroid dienone is 1. The Kier molecular flexibility index (Phi) is 2.90. The largest absolute Gasteiger partial charge is 0.445 e. The van der Waals surface area contributed by atoms with E-state index < -0.39 is 23.9 Å². The first-order valence-corrected chi connectivity index (χ1v) is 3.67. The Bertz CT molecular complexity index is 213. The molecule has 0 saturated carbocycles. The molecule has 13 heavy (non-hydrogen) atoms. The fourth-order valence-corrected chi connectivity index (χ4v) is 1.05. The van der Waals surface area contributed by atoms with Gasteiger partial charge in [0, 0.05) is 6.61 Å². The van der Waals surface area contributed by atoms with Gasteiger partial charge in [0.1, 0.15) is 6.10 Å². The van der Waals surface area contributed by atoms with Gasteiger partial charge in [0.15, 0.2) is 5.83 Å². The molecule has 0 aliphatic carbocycles. The summed E-state index contributed by atoms with van der Waals surface area (Å²) in [6.45, 7) is 0.170. The van der Waals surface area contributed by atoms with E-state index in [1.165, 1.54) is 0 Å². The van der Waals surface area contributed by atoms with E-state index in [9.17, 15) is 22.0 Å². The van der Waals surface area contributed by atoms with Crippen LogP contribution < -0.4 is 0 Å². The van der Waals surface area contributed by atoms with Gasteiger partial charge in [-0.25, -0.2) is 4.39 Å². The lowest BCUT2D eigenvalue weighted by molar-refractivity contribution is -0.113. The molecule has 1 aliphatic rings. The van der Waals surface area contributed by atoms with Gasteiger partial charge in [-0.2, -0.15) is 17.6 Å². The molecule has 1 aliphatic heterocycles. The summed E-state index contributed by atoms with van der Waals surface area (Å²) in [7, 11) is 0. The van der Waals surface area contributed by atoms with Crippen LogP contribution in [0.3, 0.4) is 0 Å². The zero-order chi connectivity index (χ0) is 10.1. The molecule has 1 saturated heterocycles. The van der Waals surface area contributed by atoms with Crippen molar-refractivity contribution in [1.82, 2.24) is 0 Å². The average molecular weight is 202 g/mol. The number of ether oxygens (including phenoxy) is 1. The van der Waals surface area contributed by atoms with E-state index in [1.807, 2.05) is 0 Å². The predicted molar refractivity (Wildman–Crippen MR) is 34.3 cm³/mol. The lowest BCUT2D eigenvalue weighted by Gasteiger charge is -2.09. The Morgan fingerprint density at radius 1 is 1.23 bits per heavy atom. The first-order valence-electron chi connectivity index (χ1n) is 3.67. The zero-order valence-corrected chi connectivity index (χ0v) is 6.50. The summed E-state index contributed by atoms with van der Waals surface area (Å²) in [5, 5.41) is 0. The van der Waals surface area contributed by atoms with Crippen LogP contribution in [0.2, 0.25) is 0 Å². The Balaban J connectivity index is 2.77. The lowest BCUT2D eigenvalue weighted by atomic mass is 10.2. The van der Waals surface area contributed by atoms with Gasteiger partial charge in [-0.05, 0) is 12.8 Å². The number of hydrogen-bond acceptors (Lipinski definition) is 1. The van der Waals surface area contributed by atoms with E-state index in [1.54, 1.807) is 0 Å². The quantitative estimate of drug-likeness (QED) is 0.594. The van der Waals surface area contributed by atoms with Gasteiger partial charge in [-0.15, -0.1) is 0 Å². The van der Waals surface area contributed by atoms with Crippen molar-refractivity contribution in [3.8, 4) is 0 Å². The molecule has 0 aromatic rings. The van der Waals surface area contributed by atoms with E-state index >= 15 is 0 Å². The molecule has 1 heterocycles. The molecule has 1 atom stereocenters. The van der Waals surface area contributed by atoms with Crippen LogP contribution in [0, 0.1) is 0 Å². The third kappa shape index (κ3) is 2.40. The van der Waals surface area contributed by atoms with Crippen LogP contribution in [0.5, 0.6) is 0 Å². The van der Waals surface area contributed by atoms with Gasteiger partial charge in [0.05, 0.1) is 0 Å². The molecule has 1 rings (SSSR count). The molecule has 1 fully saturated rings. The van der Waals surface area contributed by atoms with Crippen LogP contribution in [0.25, 0.3) is 0 Å². The van der Waals surface area contributed by atoms with Crippen molar-refractivity contribution in [3.05, 3.63) is 11.7 Å². The Morgan fingerprint density at radius 3 is 2.23 bits per heavy atom. The highest BCUT2D eigenvalue weighted by Crippen LogP contribution is 2.33. The normalized spacial score (nSPS) is 26.1. The number of rotatable bonds is 1. The van der Waals surface area contributed by atoms with Crippen LogP contribution in [-0.4, -0.2) is 18.9 Å². The summed E-state index contributed by atoms with van der Waals surface area (Å²) in [5.41, 5.74) is 0. The molecule has 0 unspecified atom stereocenters. The molecule has 1 nitrogen and oxygen atoms in total. The van der Waals surface area contributed by atoms with Crippen LogP contribution >= 0.6 is 0 Å². The monoisotopic (exact) mass is 202 g/mol. The van der Waals surface area contributed by atoms with Crippen LogP contribution in [0.15, 0.2) is 11.7 Å². The number of alkyl halides is 3. The number of hydrogen-bond donors (Lipinski definition) is 0.